The number of carbonyl (C=O) groups excluding carboxylic acids is 1. The molecule has 0 radical (unpaired) electrons. The number of carbonyl (C=O) groups is 1. The summed E-state index contributed by atoms with van der Waals surface area (Å²) < 4.78 is 0. The van der Waals surface area contributed by atoms with Gasteiger partial charge in [-0.25, -0.2) is 0 Å². The highest BCUT2D eigenvalue weighted by atomic mass is 16.3. The van der Waals surface area contributed by atoms with Gasteiger partial charge in [-0.1, -0.05) is 24.3 Å². The zero-order valence-corrected chi connectivity index (χ0v) is 8.23. The van der Waals surface area contributed by atoms with Gasteiger partial charge in [0.15, 0.2) is 0 Å². The van der Waals surface area contributed by atoms with Crippen LogP contribution in [0.3, 0.4) is 0 Å². The molecule has 0 fully saturated rings. The number of fused-ring (bicyclic) bond motifs is 1. The Bertz CT molecular complexity index is 413. The highest BCUT2D eigenvalue weighted by Gasteiger charge is 2.19. The average Bonchev–Trinajstić information content (AvgIpc) is 2.25. The van der Waals surface area contributed by atoms with E-state index in [1.165, 1.54) is 0 Å². The molecule has 0 saturated heterocycles. The number of benzene rings is 1. The lowest BCUT2D eigenvalue weighted by molar-refractivity contribution is -0.119. The van der Waals surface area contributed by atoms with Crippen LogP contribution in [0, 0.1) is 0 Å². The Morgan fingerprint density at radius 1 is 1.40 bits per heavy atom. The van der Waals surface area contributed by atoms with E-state index in [0.717, 1.165) is 11.1 Å². The summed E-state index contributed by atoms with van der Waals surface area (Å²) in [5.74, 6) is 0.515. The fourth-order valence-corrected chi connectivity index (χ4v) is 1.61. The van der Waals surface area contributed by atoms with Crippen molar-refractivity contribution in [3.05, 3.63) is 35.4 Å². The standard InChI is InChI=1S/C11H12N2O2/c14-6-5-12-11-9-4-2-1-3-8(9)7-10(15)13-11/h1-4,14H,5-7H2,(H,12,13,15). The van der Waals surface area contributed by atoms with Gasteiger partial charge in [-0.05, 0) is 5.56 Å². The molecule has 0 unspecified atom stereocenters. The highest BCUT2D eigenvalue weighted by Crippen LogP contribution is 2.14. The monoisotopic (exact) mass is 204 g/mol. The molecule has 1 amide bonds. The Labute approximate surface area is 87.7 Å². The van der Waals surface area contributed by atoms with Crippen LogP contribution in [0.1, 0.15) is 11.1 Å². The van der Waals surface area contributed by atoms with Crippen molar-refractivity contribution in [3.63, 3.8) is 0 Å². The second-order valence-electron chi connectivity index (χ2n) is 3.34. The third-order valence-corrected chi connectivity index (χ3v) is 2.25. The summed E-state index contributed by atoms with van der Waals surface area (Å²) in [6.45, 7) is 0.297. The molecule has 15 heavy (non-hydrogen) atoms. The largest absolute Gasteiger partial charge is 0.394 e. The number of hydrogen-bond acceptors (Lipinski definition) is 3. The summed E-state index contributed by atoms with van der Waals surface area (Å²) in [6, 6.07) is 7.65. The van der Waals surface area contributed by atoms with Gasteiger partial charge in [0.2, 0.25) is 5.91 Å². The van der Waals surface area contributed by atoms with E-state index in [-0.39, 0.29) is 12.5 Å². The van der Waals surface area contributed by atoms with E-state index in [4.69, 9.17) is 5.11 Å². The summed E-state index contributed by atoms with van der Waals surface area (Å²) in [5.41, 5.74) is 1.93. The molecule has 78 valence electrons. The van der Waals surface area contributed by atoms with E-state index >= 15 is 0 Å². The van der Waals surface area contributed by atoms with E-state index in [0.29, 0.717) is 18.8 Å². The summed E-state index contributed by atoms with van der Waals surface area (Å²) in [5, 5.41) is 11.4. The molecule has 1 heterocycles. The average molecular weight is 204 g/mol. The lowest BCUT2D eigenvalue weighted by Gasteiger charge is -2.18. The van der Waals surface area contributed by atoms with Crippen LogP contribution in [0.5, 0.6) is 0 Å². The zero-order valence-electron chi connectivity index (χ0n) is 8.23. The van der Waals surface area contributed by atoms with Gasteiger partial charge in [-0.3, -0.25) is 9.79 Å². The van der Waals surface area contributed by atoms with Crippen LogP contribution in [0.4, 0.5) is 0 Å². The molecule has 2 N–H and O–H groups in total. The minimum absolute atomic E-state index is 0.0124. The van der Waals surface area contributed by atoms with Crippen LogP contribution in [0.25, 0.3) is 0 Å². The van der Waals surface area contributed by atoms with Crippen molar-refractivity contribution < 1.29 is 9.90 Å². The third-order valence-electron chi connectivity index (χ3n) is 2.25. The van der Waals surface area contributed by atoms with E-state index in [2.05, 4.69) is 10.3 Å². The predicted molar refractivity (Wildman–Crippen MR) is 56.8 cm³/mol. The van der Waals surface area contributed by atoms with Gasteiger partial charge in [0.1, 0.15) is 5.84 Å². The van der Waals surface area contributed by atoms with Crippen molar-refractivity contribution in [1.82, 2.24) is 5.32 Å². The smallest absolute Gasteiger partial charge is 0.229 e. The summed E-state index contributed by atoms with van der Waals surface area (Å²) >= 11 is 0. The lowest BCUT2D eigenvalue weighted by Crippen LogP contribution is -2.38. The number of nitrogens with zero attached hydrogens (tertiary/aromatic N) is 1. The van der Waals surface area contributed by atoms with Gasteiger partial charge in [0, 0.05) is 5.56 Å². The first-order valence-electron chi connectivity index (χ1n) is 4.84. The minimum atomic E-state index is -0.0506. The van der Waals surface area contributed by atoms with E-state index < -0.39 is 0 Å². The van der Waals surface area contributed by atoms with Crippen LogP contribution < -0.4 is 5.32 Å². The second-order valence-corrected chi connectivity index (χ2v) is 3.34. The molecule has 1 aromatic carbocycles. The minimum Gasteiger partial charge on any atom is -0.394 e. The van der Waals surface area contributed by atoms with E-state index in [1.54, 1.807) is 0 Å². The van der Waals surface area contributed by atoms with Gasteiger partial charge < -0.3 is 10.4 Å². The molecule has 0 saturated carbocycles. The van der Waals surface area contributed by atoms with Crippen molar-refractivity contribution in [1.29, 1.82) is 0 Å². The Morgan fingerprint density at radius 3 is 3.00 bits per heavy atom. The summed E-state index contributed by atoms with van der Waals surface area (Å²) in [7, 11) is 0. The molecule has 0 bridgehead atoms. The number of aliphatic imine (C=N–C) groups is 1. The van der Waals surface area contributed by atoms with Gasteiger partial charge in [-0.15, -0.1) is 0 Å². The molecular formula is C11H12N2O2. The molecule has 0 aliphatic carbocycles. The topological polar surface area (TPSA) is 61.7 Å². The van der Waals surface area contributed by atoms with Crippen molar-refractivity contribution in [2.75, 3.05) is 13.2 Å². The zero-order chi connectivity index (χ0) is 10.7. The molecule has 4 heteroatoms. The molecule has 0 aromatic heterocycles. The lowest BCUT2D eigenvalue weighted by atomic mass is 10.00. The van der Waals surface area contributed by atoms with E-state index in [1.807, 2.05) is 24.3 Å². The Morgan fingerprint density at radius 2 is 2.20 bits per heavy atom. The van der Waals surface area contributed by atoms with E-state index in [9.17, 15) is 4.79 Å². The molecule has 0 spiro atoms. The molecule has 0 atom stereocenters. The number of amidine groups is 1. The number of aliphatic hydroxyl groups excluding tert-OH is 1. The number of rotatable bonds is 2. The van der Waals surface area contributed by atoms with Gasteiger partial charge >= 0.3 is 0 Å². The first-order valence-corrected chi connectivity index (χ1v) is 4.84. The predicted octanol–water partition coefficient (Wildman–Crippen LogP) is 0.0978. The Hall–Kier alpha value is -1.68. The highest BCUT2D eigenvalue weighted by molar-refractivity contribution is 6.12. The van der Waals surface area contributed by atoms with Crippen LogP contribution in [0.2, 0.25) is 0 Å². The third kappa shape index (κ3) is 2.05. The Kier molecular flexibility index (Phi) is 2.78. The first-order chi connectivity index (χ1) is 7.31. The number of aliphatic hydroxyl groups is 1. The van der Waals surface area contributed by atoms with Crippen molar-refractivity contribution in [3.8, 4) is 0 Å². The van der Waals surface area contributed by atoms with Crippen LogP contribution in [0.15, 0.2) is 29.3 Å². The molecule has 1 aliphatic rings. The van der Waals surface area contributed by atoms with Crippen LogP contribution in [-0.2, 0) is 11.2 Å². The quantitative estimate of drug-likeness (QED) is 0.717. The van der Waals surface area contributed by atoms with Gasteiger partial charge in [0.25, 0.3) is 0 Å². The van der Waals surface area contributed by atoms with Crippen molar-refractivity contribution in [2.24, 2.45) is 4.99 Å². The molecule has 4 nitrogen and oxygen atoms in total. The maximum Gasteiger partial charge on any atom is 0.229 e. The number of amides is 1. The van der Waals surface area contributed by atoms with Crippen LogP contribution >= 0.6 is 0 Å². The second kappa shape index (κ2) is 4.23. The Balaban J connectivity index is 2.38. The fraction of sp³-hybridized carbons (Fsp3) is 0.273. The van der Waals surface area contributed by atoms with Gasteiger partial charge in [0.05, 0.1) is 19.6 Å². The maximum atomic E-state index is 11.3. The summed E-state index contributed by atoms with van der Waals surface area (Å²) in [4.78, 5) is 15.5. The molecule has 1 aliphatic heterocycles. The van der Waals surface area contributed by atoms with Crippen molar-refractivity contribution >= 4 is 11.7 Å². The molecular weight excluding hydrogens is 192 g/mol. The van der Waals surface area contributed by atoms with Gasteiger partial charge in [-0.2, -0.15) is 0 Å². The number of nitrogens with one attached hydrogen (secondary N) is 1. The molecule has 2 rings (SSSR count). The summed E-state index contributed by atoms with van der Waals surface area (Å²) in [6.07, 6.45) is 0.397. The number of hydrogen-bond donors (Lipinski definition) is 2. The molecule has 1 aromatic rings. The SMILES string of the molecule is O=C1Cc2ccccc2C(=NCCO)N1. The fourth-order valence-electron chi connectivity index (χ4n) is 1.61. The maximum absolute atomic E-state index is 11.3. The van der Waals surface area contributed by atoms with Crippen LogP contribution in [-0.4, -0.2) is 30.0 Å². The van der Waals surface area contributed by atoms with Crippen molar-refractivity contribution in [2.45, 2.75) is 6.42 Å². The first kappa shape index (κ1) is 9.86. The normalized spacial score (nSPS) is 17.4.